The monoisotopic (exact) mass is 227 g/mol. The molecule has 96 valence electrons. The summed E-state index contributed by atoms with van der Waals surface area (Å²) < 4.78 is 0. The lowest BCUT2D eigenvalue weighted by Crippen LogP contribution is -2.61. The van der Waals surface area contributed by atoms with Crippen molar-refractivity contribution < 1.29 is 0 Å². The van der Waals surface area contributed by atoms with Gasteiger partial charge in [0.15, 0.2) is 0 Å². The highest BCUT2D eigenvalue weighted by atomic mass is 15.3. The van der Waals surface area contributed by atoms with Crippen molar-refractivity contribution in [2.75, 3.05) is 33.7 Å². The van der Waals surface area contributed by atoms with Gasteiger partial charge in [-0.2, -0.15) is 0 Å². The van der Waals surface area contributed by atoms with Gasteiger partial charge >= 0.3 is 0 Å². The average Bonchev–Trinajstić information content (AvgIpc) is 2.14. The molecule has 1 aliphatic rings. The highest BCUT2D eigenvalue weighted by molar-refractivity contribution is 4.91. The van der Waals surface area contributed by atoms with Crippen LogP contribution in [0.3, 0.4) is 0 Å². The minimum absolute atomic E-state index is 0.290. The predicted octanol–water partition coefficient (Wildman–Crippen LogP) is 1.40. The number of piperazine rings is 1. The quantitative estimate of drug-likeness (QED) is 0.786. The van der Waals surface area contributed by atoms with E-state index >= 15 is 0 Å². The molecule has 0 amide bonds. The van der Waals surface area contributed by atoms with Gasteiger partial charge in [-0.25, -0.2) is 0 Å². The molecule has 1 fully saturated rings. The molecule has 16 heavy (non-hydrogen) atoms. The van der Waals surface area contributed by atoms with Crippen LogP contribution in [-0.4, -0.2) is 61.2 Å². The molecule has 0 aliphatic carbocycles. The van der Waals surface area contributed by atoms with Gasteiger partial charge in [-0.3, -0.25) is 4.90 Å². The standard InChI is InChI=1S/C13H29N3/c1-11-9-15(6)12(7-8-14-5)10-16(11)13(2,3)4/h11-12,14H,7-10H2,1-6H3. The molecule has 1 N–H and O–H groups in total. The van der Waals surface area contributed by atoms with Crippen LogP contribution in [0.5, 0.6) is 0 Å². The molecule has 2 unspecified atom stereocenters. The van der Waals surface area contributed by atoms with Crippen LogP contribution in [0.1, 0.15) is 34.1 Å². The number of likely N-dealkylation sites (N-methyl/N-ethyl adjacent to an activating group) is 1. The topological polar surface area (TPSA) is 18.5 Å². The summed E-state index contributed by atoms with van der Waals surface area (Å²) in [5, 5.41) is 3.26. The molecule has 0 aromatic rings. The summed E-state index contributed by atoms with van der Waals surface area (Å²) in [5.41, 5.74) is 0.290. The molecule has 1 aliphatic heterocycles. The van der Waals surface area contributed by atoms with Crippen LogP contribution in [0.4, 0.5) is 0 Å². The van der Waals surface area contributed by atoms with Gasteiger partial charge in [0.2, 0.25) is 0 Å². The Labute approximate surface area is 101 Å². The van der Waals surface area contributed by atoms with Gasteiger partial charge in [0, 0.05) is 30.7 Å². The Morgan fingerprint density at radius 3 is 2.38 bits per heavy atom. The Balaban J connectivity index is 2.61. The Kier molecular flexibility index (Phi) is 4.77. The van der Waals surface area contributed by atoms with Gasteiger partial charge in [0.25, 0.3) is 0 Å². The predicted molar refractivity (Wildman–Crippen MR) is 70.9 cm³/mol. The molecule has 2 atom stereocenters. The van der Waals surface area contributed by atoms with Crippen LogP contribution in [-0.2, 0) is 0 Å². The molecule has 1 heterocycles. The van der Waals surface area contributed by atoms with Crippen molar-refractivity contribution >= 4 is 0 Å². The van der Waals surface area contributed by atoms with Crippen LogP contribution in [0.25, 0.3) is 0 Å². The molecule has 3 heteroatoms. The summed E-state index contributed by atoms with van der Waals surface area (Å²) in [5.74, 6) is 0. The van der Waals surface area contributed by atoms with E-state index in [9.17, 15) is 0 Å². The van der Waals surface area contributed by atoms with Crippen LogP contribution in [0.15, 0.2) is 0 Å². The van der Waals surface area contributed by atoms with Crippen molar-refractivity contribution in [3.63, 3.8) is 0 Å². The van der Waals surface area contributed by atoms with E-state index in [1.165, 1.54) is 19.5 Å². The molecule has 0 spiro atoms. The largest absolute Gasteiger partial charge is 0.320 e. The molecule has 1 saturated heterocycles. The van der Waals surface area contributed by atoms with E-state index in [4.69, 9.17) is 0 Å². The third kappa shape index (κ3) is 3.44. The summed E-state index contributed by atoms with van der Waals surface area (Å²) in [4.78, 5) is 5.16. The molecule has 1 rings (SSSR count). The first kappa shape index (κ1) is 13.9. The second-order valence-electron chi connectivity index (χ2n) is 6.16. The minimum Gasteiger partial charge on any atom is -0.320 e. The third-order valence-corrected chi connectivity index (χ3v) is 3.70. The number of hydrogen-bond donors (Lipinski definition) is 1. The molecule has 0 aromatic heterocycles. The highest BCUT2D eigenvalue weighted by Crippen LogP contribution is 2.24. The second kappa shape index (κ2) is 5.48. The van der Waals surface area contributed by atoms with E-state index in [1.807, 2.05) is 7.05 Å². The lowest BCUT2D eigenvalue weighted by Gasteiger charge is -2.49. The minimum atomic E-state index is 0.290. The molecule has 0 bridgehead atoms. The zero-order valence-electron chi connectivity index (χ0n) is 11.9. The molecular formula is C13H29N3. The van der Waals surface area contributed by atoms with Crippen molar-refractivity contribution in [1.29, 1.82) is 0 Å². The van der Waals surface area contributed by atoms with Crippen molar-refractivity contribution in [3.05, 3.63) is 0 Å². The lowest BCUT2D eigenvalue weighted by molar-refractivity contribution is -0.00752. The van der Waals surface area contributed by atoms with Crippen LogP contribution in [0, 0.1) is 0 Å². The third-order valence-electron chi connectivity index (χ3n) is 3.70. The maximum absolute atomic E-state index is 3.26. The number of nitrogens with one attached hydrogen (secondary N) is 1. The maximum Gasteiger partial charge on any atom is 0.0233 e. The number of nitrogens with zero attached hydrogens (tertiary/aromatic N) is 2. The van der Waals surface area contributed by atoms with E-state index < -0.39 is 0 Å². The Hall–Kier alpha value is -0.120. The van der Waals surface area contributed by atoms with Crippen molar-refractivity contribution in [3.8, 4) is 0 Å². The summed E-state index contributed by atoms with van der Waals surface area (Å²) in [7, 11) is 4.30. The van der Waals surface area contributed by atoms with Crippen molar-refractivity contribution in [2.24, 2.45) is 0 Å². The SMILES string of the molecule is CNCCC1CN(C(C)(C)C)C(C)CN1C. The first-order chi connectivity index (χ1) is 7.36. The molecule has 3 nitrogen and oxygen atoms in total. The van der Waals surface area contributed by atoms with Gasteiger partial charge in [-0.15, -0.1) is 0 Å². The summed E-state index contributed by atoms with van der Waals surface area (Å²) in [6.45, 7) is 12.8. The normalized spacial score (nSPS) is 29.6. The Bertz CT molecular complexity index is 210. The molecular weight excluding hydrogens is 198 g/mol. The fourth-order valence-corrected chi connectivity index (χ4v) is 2.77. The van der Waals surface area contributed by atoms with E-state index in [0.29, 0.717) is 17.6 Å². The first-order valence-corrected chi connectivity index (χ1v) is 6.48. The van der Waals surface area contributed by atoms with E-state index in [-0.39, 0.29) is 0 Å². The zero-order chi connectivity index (χ0) is 12.3. The van der Waals surface area contributed by atoms with Gasteiger partial charge in [-0.1, -0.05) is 0 Å². The van der Waals surface area contributed by atoms with Crippen molar-refractivity contribution in [1.82, 2.24) is 15.1 Å². The Morgan fingerprint density at radius 1 is 1.25 bits per heavy atom. The zero-order valence-corrected chi connectivity index (χ0v) is 11.9. The van der Waals surface area contributed by atoms with Gasteiger partial charge in [0.05, 0.1) is 0 Å². The second-order valence-corrected chi connectivity index (χ2v) is 6.16. The fourth-order valence-electron chi connectivity index (χ4n) is 2.77. The first-order valence-electron chi connectivity index (χ1n) is 6.48. The molecule has 0 aromatic carbocycles. The maximum atomic E-state index is 3.26. The summed E-state index contributed by atoms with van der Waals surface area (Å²) in [6, 6.07) is 1.36. The summed E-state index contributed by atoms with van der Waals surface area (Å²) in [6.07, 6.45) is 1.24. The van der Waals surface area contributed by atoms with Crippen molar-refractivity contribution in [2.45, 2.75) is 51.7 Å². The summed E-state index contributed by atoms with van der Waals surface area (Å²) >= 11 is 0. The molecule has 0 saturated carbocycles. The number of hydrogen-bond acceptors (Lipinski definition) is 3. The molecule has 0 radical (unpaired) electrons. The average molecular weight is 227 g/mol. The fraction of sp³-hybridized carbons (Fsp3) is 1.00. The van der Waals surface area contributed by atoms with Crippen LogP contribution >= 0.6 is 0 Å². The van der Waals surface area contributed by atoms with E-state index in [0.717, 1.165) is 6.54 Å². The highest BCUT2D eigenvalue weighted by Gasteiger charge is 2.34. The Morgan fingerprint density at radius 2 is 1.88 bits per heavy atom. The smallest absolute Gasteiger partial charge is 0.0233 e. The van der Waals surface area contributed by atoms with Crippen LogP contribution in [0.2, 0.25) is 0 Å². The van der Waals surface area contributed by atoms with E-state index in [2.05, 4.69) is 49.9 Å². The van der Waals surface area contributed by atoms with E-state index in [1.54, 1.807) is 0 Å². The van der Waals surface area contributed by atoms with Gasteiger partial charge < -0.3 is 10.2 Å². The lowest BCUT2D eigenvalue weighted by atomic mass is 9.97. The van der Waals surface area contributed by atoms with Crippen LogP contribution < -0.4 is 5.32 Å². The van der Waals surface area contributed by atoms with Gasteiger partial charge in [0.1, 0.15) is 0 Å². The van der Waals surface area contributed by atoms with Gasteiger partial charge in [-0.05, 0) is 54.8 Å². The number of rotatable bonds is 3.